The van der Waals surface area contributed by atoms with Crippen molar-refractivity contribution in [2.45, 2.75) is 63.5 Å². The predicted molar refractivity (Wildman–Crippen MR) is 98.5 cm³/mol. The van der Waals surface area contributed by atoms with E-state index in [9.17, 15) is 10.1 Å². The number of hydrogen-bond acceptors (Lipinski definition) is 5. The van der Waals surface area contributed by atoms with Crippen LogP contribution in [0.15, 0.2) is 39.0 Å². The number of fused-ring (bicyclic) bond motifs is 3. The Labute approximate surface area is 152 Å². The first kappa shape index (κ1) is 15.5. The molecule has 5 aliphatic rings. The van der Waals surface area contributed by atoms with Gasteiger partial charge in [0.05, 0.1) is 16.3 Å². The maximum atomic E-state index is 12.5. The number of ketones is 1. The molecular formula is C20H21N3OS. The first-order valence-electron chi connectivity index (χ1n) is 9.38. The molecule has 0 aromatic carbocycles. The second-order valence-corrected chi connectivity index (χ2v) is 8.48. The maximum absolute atomic E-state index is 12.5. The zero-order chi connectivity index (χ0) is 17.0. The fraction of sp³-hybridized carbons (Fsp3) is 0.550. The Morgan fingerprint density at radius 2 is 2.12 bits per heavy atom. The predicted octanol–water partition coefficient (Wildman–Crippen LogP) is 4.43. The van der Waals surface area contributed by atoms with Gasteiger partial charge < -0.3 is 4.90 Å². The molecule has 0 N–H and O–H groups in total. The Morgan fingerprint density at radius 3 is 3.00 bits per heavy atom. The van der Waals surface area contributed by atoms with Gasteiger partial charge in [0, 0.05) is 11.6 Å². The van der Waals surface area contributed by atoms with Crippen LogP contribution in [0.1, 0.15) is 57.8 Å². The molecule has 1 fully saturated rings. The monoisotopic (exact) mass is 351 g/mol. The quantitative estimate of drug-likeness (QED) is 0.518. The second kappa shape index (κ2) is 5.60. The smallest absolute Gasteiger partial charge is 0.195 e. The van der Waals surface area contributed by atoms with Gasteiger partial charge in [-0.2, -0.15) is 5.26 Å². The summed E-state index contributed by atoms with van der Waals surface area (Å²) in [6, 6.07) is 0. The maximum Gasteiger partial charge on any atom is 0.195 e. The standard InChI is InChI=1S/C20H21N3OS/c21-12-25-19-17(24)9-8-15-18(19)23-16-7-2-1-5-13(16)11-14-6-3-4-10-20(14,23)22-15/h8-9,14H,1-7,10-11H2. The van der Waals surface area contributed by atoms with Gasteiger partial charge in [0.25, 0.3) is 0 Å². The lowest BCUT2D eigenvalue weighted by molar-refractivity contribution is -0.110. The molecule has 2 atom stereocenters. The van der Waals surface area contributed by atoms with E-state index >= 15 is 0 Å². The molecule has 1 spiro atoms. The van der Waals surface area contributed by atoms with E-state index in [1.165, 1.54) is 50.6 Å². The molecule has 0 radical (unpaired) electrons. The van der Waals surface area contributed by atoms with Crippen molar-refractivity contribution in [3.05, 3.63) is 34.0 Å². The summed E-state index contributed by atoms with van der Waals surface area (Å²) in [5.74, 6) is 0.494. The molecular weight excluding hydrogens is 330 g/mol. The second-order valence-electron chi connectivity index (χ2n) is 7.68. The fourth-order valence-corrected chi connectivity index (χ4v) is 6.02. The van der Waals surface area contributed by atoms with E-state index in [4.69, 9.17) is 4.99 Å². The zero-order valence-electron chi connectivity index (χ0n) is 14.3. The molecule has 4 nitrogen and oxygen atoms in total. The summed E-state index contributed by atoms with van der Waals surface area (Å²) < 4.78 is 0. The number of carbonyl (C=O) groups is 1. The van der Waals surface area contributed by atoms with E-state index in [1.807, 2.05) is 6.08 Å². The van der Waals surface area contributed by atoms with Gasteiger partial charge in [0.15, 0.2) is 5.78 Å². The summed E-state index contributed by atoms with van der Waals surface area (Å²) in [5.41, 5.74) is 4.65. The van der Waals surface area contributed by atoms with Crippen molar-refractivity contribution in [3.63, 3.8) is 0 Å². The van der Waals surface area contributed by atoms with Gasteiger partial charge in [-0.15, -0.1) is 0 Å². The number of nitrogens with zero attached hydrogens (tertiary/aromatic N) is 3. The normalized spacial score (nSPS) is 33.4. The highest BCUT2D eigenvalue weighted by molar-refractivity contribution is 8.08. The Kier molecular flexibility index (Phi) is 3.46. The molecule has 128 valence electrons. The minimum absolute atomic E-state index is 0.0477. The summed E-state index contributed by atoms with van der Waals surface area (Å²) in [6.07, 6.45) is 14.1. The minimum atomic E-state index is -0.199. The van der Waals surface area contributed by atoms with Crippen LogP contribution in [-0.4, -0.2) is 22.1 Å². The topological polar surface area (TPSA) is 56.5 Å². The summed E-state index contributed by atoms with van der Waals surface area (Å²) in [7, 11) is 0. The van der Waals surface area contributed by atoms with Gasteiger partial charge in [0.1, 0.15) is 11.1 Å². The van der Waals surface area contributed by atoms with Gasteiger partial charge in [-0.1, -0.05) is 12.0 Å². The van der Waals surface area contributed by atoms with Crippen LogP contribution in [0.3, 0.4) is 0 Å². The summed E-state index contributed by atoms with van der Waals surface area (Å²) >= 11 is 1.01. The Balaban J connectivity index is 1.75. The summed E-state index contributed by atoms with van der Waals surface area (Å²) in [5, 5.41) is 11.4. The molecule has 1 saturated carbocycles. The van der Waals surface area contributed by atoms with Crippen LogP contribution < -0.4 is 0 Å². The van der Waals surface area contributed by atoms with E-state index in [1.54, 1.807) is 11.6 Å². The molecule has 0 aromatic rings. The third kappa shape index (κ3) is 2.07. The molecule has 0 saturated heterocycles. The highest BCUT2D eigenvalue weighted by Gasteiger charge is 2.56. The molecule has 2 unspecified atom stereocenters. The molecule has 25 heavy (non-hydrogen) atoms. The lowest BCUT2D eigenvalue weighted by atomic mass is 9.70. The number of nitriles is 1. The van der Waals surface area contributed by atoms with Crippen molar-refractivity contribution in [2.75, 3.05) is 0 Å². The number of thiocyanates is 1. The van der Waals surface area contributed by atoms with Crippen LogP contribution >= 0.6 is 11.8 Å². The third-order valence-corrected chi connectivity index (χ3v) is 7.15. The number of aliphatic imine (C=N–C) groups is 1. The van der Waals surface area contributed by atoms with Crippen molar-refractivity contribution >= 4 is 23.3 Å². The van der Waals surface area contributed by atoms with Gasteiger partial charge in [-0.3, -0.25) is 9.79 Å². The highest BCUT2D eigenvalue weighted by Crippen LogP contribution is 2.56. The number of carbonyl (C=O) groups excluding carboxylic acids is 1. The summed E-state index contributed by atoms with van der Waals surface area (Å²) in [4.78, 5) is 20.7. The van der Waals surface area contributed by atoms with Crippen molar-refractivity contribution in [2.24, 2.45) is 10.9 Å². The van der Waals surface area contributed by atoms with Crippen LogP contribution in [0.25, 0.3) is 0 Å². The Morgan fingerprint density at radius 1 is 1.24 bits per heavy atom. The van der Waals surface area contributed by atoms with Crippen LogP contribution in [0.2, 0.25) is 0 Å². The van der Waals surface area contributed by atoms with Crippen molar-refractivity contribution < 1.29 is 4.79 Å². The first-order chi connectivity index (χ1) is 12.2. The van der Waals surface area contributed by atoms with E-state index in [0.29, 0.717) is 10.8 Å². The Hall–Kier alpha value is -1.80. The summed E-state index contributed by atoms with van der Waals surface area (Å²) in [6.45, 7) is 0. The average Bonchev–Trinajstić information content (AvgIpc) is 2.97. The van der Waals surface area contributed by atoms with E-state index in [0.717, 1.165) is 36.0 Å². The van der Waals surface area contributed by atoms with Crippen molar-refractivity contribution in [1.82, 2.24) is 4.90 Å². The lowest BCUT2D eigenvalue weighted by Crippen LogP contribution is -2.53. The molecule has 2 heterocycles. The van der Waals surface area contributed by atoms with Gasteiger partial charge in [-0.05, 0) is 75.3 Å². The molecule has 3 aliphatic carbocycles. The molecule has 5 rings (SSSR count). The van der Waals surface area contributed by atoms with Crippen LogP contribution in [0.5, 0.6) is 0 Å². The number of rotatable bonds is 1. The van der Waals surface area contributed by atoms with Crippen LogP contribution in [0.4, 0.5) is 0 Å². The Bertz CT molecular complexity index is 828. The van der Waals surface area contributed by atoms with E-state index < -0.39 is 0 Å². The number of hydrogen-bond donors (Lipinski definition) is 0. The van der Waals surface area contributed by atoms with Crippen molar-refractivity contribution in [3.8, 4) is 5.40 Å². The third-order valence-electron chi connectivity index (χ3n) is 6.46. The molecule has 2 aliphatic heterocycles. The fourth-order valence-electron chi connectivity index (χ4n) is 5.47. The molecule has 5 heteroatoms. The first-order valence-corrected chi connectivity index (χ1v) is 10.2. The minimum Gasteiger partial charge on any atom is -0.317 e. The SMILES string of the molecule is N#CSC1=C2C(=NC34CCCCC3CC3=C(CCCC3)N24)C=CC1=O. The zero-order valence-corrected chi connectivity index (χ0v) is 15.1. The molecule has 0 aromatic heterocycles. The van der Waals surface area contributed by atoms with Crippen LogP contribution in [0, 0.1) is 16.6 Å². The van der Waals surface area contributed by atoms with Gasteiger partial charge in [0.2, 0.25) is 0 Å². The largest absolute Gasteiger partial charge is 0.317 e. The van der Waals surface area contributed by atoms with E-state index in [-0.39, 0.29) is 11.4 Å². The highest BCUT2D eigenvalue weighted by atomic mass is 32.2. The number of thioether (sulfide) groups is 1. The lowest BCUT2D eigenvalue weighted by Gasteiger charge is -2.52. The van der Waals surface area contributed by atoms with E-state index in [2.05, 4.69) is 10.3 Å². The van der Waals surface area contributed by atoms with Crippen molar-refractivity contribution in [1.29, 1.82) is 5.26 Å². The number of allylic oxidation sites excluding steroid dienone is 5. The molecule has 0 bridgehead atoms. The average molecular weight is 351 g/mol. The van der Waals surface area contributed by atoms with Gasteiger partial charge in [-0.25, -0.2) is 0 Å². The van der Waals surface area contributed by atoms with Gasteiger partial charge >= 0.3 is 0 Å². The van der Waals surface area contributed by atoms with Crippen LogP contribution in [-0.2, 0) is 4.79 Å². The molecule has 0 amide bonds.